The molecule has 3 N–H and O–H groups in total. The molecule has 0 spiro atoms. The lowest BCUT2D eigenvalue weighted by atomic mass is 9.85. The Kier molecular flexibility index (Phi) is 8.28. The number of amides is 2. The average molecular weight is 408 g/mol. The van der Waals surface area contributed by atoms with Crippen LogP contribution in [0.25, 0.3) is 0 Å². The molecule has 3 rings (SSSR count). The summed E-state index contributed by atoms with van der Waals surface area (Å²) in [5, 5.41) is 11.1. The molecular formula is C20H26ClN3O2S. The molecule has 27 heavy (non-hydrogen) atoms. The Hall–Kier alpha value is -1.89. The van der Waals surface area contributed by atoms with Crippen molar-refractivity contribution in [3.8, 4) is 0 Å². The summed E-state index contributed by atoms with van der Waals surface area (Å²) in [5.41, 5.74) is 1.46. The van der Waals surface area contributed by atoms with Crippen molar-refractivity contribution in [2.24, 2.45) is 11.8 Å². The first-order valence-electron chi connectivity index (χ1n) is 9.07. The van der Waals surface area contributed by atoms with Gasteiger partial charge in [0, 0.05) is 17.8 Å². The summed E-state index contributed by atoms with van der Waals surface area (Å²) in [4.78, 5) is 25.0. The van der Waals surface area contributed by atoms with Crippen LogP contribution in [0.2, 0.25) is 0 Å². The molecule has 1 aliphatic rings. The van der Waals surface area contributed by atoms with Gasteiger partial charge < -0.3 is 16.0 Å². The van der Waals surface area contributed by atoms with Crippen LogP contribution in [0.15, 0.2) is 41.8 Å². The Balaban J connectivity index is 0.00000261. The van der Waals surface area contributed by atoms with E-state index in [9.17, 15) is 9.59 Å². The molecule has 5 nitrogen and oxygen atoms in total. The molecule has 0 bridgehead atoms. The smallest absolute Gasteiger partial charge is 0.265 e. The Morgan fingerprint density at radius 3 is 2.48 bits per heavy atom. The summed E-state index contributed by atoms with van der Waals surface area (Å²) in [6, 6.07) is 10.9. The van der Waals surface area contributed by atoms with Crippen LogP contribution >= 0.6 is 23.7 Å². The van der Waals surface area contributed by atoms with Crippen molar-refractivity contribution in [2.45, 2.75) is 26.2 Å². The largest absolute Gasteiger partial charge is 0.326 e. The highest BCUT2D eigenvalue weighted by Gasteiger charge is 2.22. The van der Waals surface area contributed by atoms with Crippen molar-refractivity contribution < 1.29 is 9.59 Å². The summed E-state index contributed by atoms with van der Waals surface area (Å²) >= 11 is 1.41. The molecule has 0 radical (unpaired) electrons. The molecule has 2 atom stereocenters. The predicted octanol–water partition coefficient (Wildman–Crippen LogP) is 4.39. The fourth-order valence-electron chi connectivity index (χ4n) is 3.27. The van der Waals surface area contributed by atoms with Crippen molar-refractivity contribution in [3.63, 3.8) is 0 Å². The van der Waals surface area contributed by atoms with Crippen molar-refractivity contribution in [1.82, 2.24) is 5.32 Å². The van der Waals surface area contributed by atoms with E-state index in [0.29, 0.717) is 28.8 Å². The second-order valence-corrected chi connectivity index (χ2v) is 7.79. The Bertz CT molecular complexity index is 728. The van der Waals surface area contributed by atoms with E-state index in [1.54, 1.807) is 18.2 Å². The Morgan fingerprint density at radius 1 is 1.19 bits per heavy atom. The van der Waals surface area contributed by atoms with Gasteiger partial charge in [0.15, 0.2) is 0 Å². The monoisotopic (exact) mass is 407 g/mol. The summed E-state index contributed by atoms with van der Waals surface area (Å²) < 4.78 is 0. The highest BCUT2D eigenvalue weighted by Crippen LogP contribution is 2.23. The number of hydrogen-bond donors (Lipinski definition) is 3. The maximum Gasteiger partial charge on any atom is 0.265 e. The first-order valence-corrected chi connectivity index (χ1v) is 9.95. The van der Waals surface area contributed by atoms with E-state index >= 15 is 0 Å². The molecule has 0 saturated carbocycles. The number of hydrogen-bond acceptors (Lipinski definition) is 4. The van der Waals surface area contributed by atoms with Gasteiger partial charge in [-0.2, -0.15) is 0 Å². The third-order valence-electron chi connectivity index (χ3n) is 4.82. The van der Waals surface area contributed by atoms with Crippen LogP contribution in [-0.2, 0) is 4.79 Å². The fourth-order valence-corrected chi connectivity index (χ4v) is 3.89. The summed E-state index contributed by atoms with van der Waals surface area (Å²) in [7, 11) is 0. The number of halogens is 1. The number of carbonyl (C=O) groups excluding carboxylic acids is 2. The van der Waals surface area contributed by atoms with E-state index in [1.807, 2.05) is 23.6 Å². The van der Waals surface area contributed by atoms with Crippen molar-refractivity contribution in [2.75, 3.05) is 23.7 Å². The zero-order valence-corrected chi connectivity index (χ0v) is 17.0. The van der Waals surface area contributed by atoms with Gasteiger partial charge in [0.05, 0.1) is 4.88 Å². The van der Waals surface area contributed by atoms with Gasteiger partial charge in [-0.1, -0.05) is 13.0 Å². The van der Waals surface area contributed by atoms with Crippen LogP contribution in [0.5, 0.6) is 0 Å². The van der Waals surface area contributed by atoms with Crippen LogP contribution in [0, 0.1) is 11.8 Å². The van der Waals surface area contributed by atoms with Gasteiger partial charge in [-0.3, -0.25) is 9.59 Å². The molecule has 0 aliphatic carbocycles. The number of nitrogens with one attached hydrogen (secondary N) is 3. The third kappa shape index (κ3) is 6.34. The van der Waals surface area contributed by atoms with Crippen LogP contribution in [0.4, 0.5) is 11.4 Å². The summed E-state index contributed by atoms with van der Waals surface area (Å²) in [5.74, 6) is 0.863. The molecule has 2 amide bonds. The van der Waals surface area contributed by atoms with Gasteiger partial charge in [0.2, 0.25) is 5.91 Å². The molecule has 1 aromatic carbocycles. The normalized spacial score (nSPS) is 17.4. The number of rotatable bonds is 6. The van der Waals surface area contributed by atoms with Gasteiger partial charge in [-0.25, -0.2) is 0 Å². The van der Waals surface area contributed by atoms with Crippen LogP contribution in [-0.4, -0.2) is 24.9 Å². The summed E-state index contributed by atoms with van der Waals surface area (Å²) in [6.07, 6.45) is 2.92. The first-order chi connectivity index (χ1) is 12.6. The van der Waals surface area contributed by atoms with Crippen molar-refractivity contribution in [1.29, 1.82) is 0 Å². The third-order valence-corrected chi connectivity index (χ3v) is 5.69. The first kappa shape index (κ1) is 21.4. The zero-order chi connectivity index (χ0) is 18.4. The highest BCUT2D eigenvalue weighted by molar-refractivity contribution is 7.12. The van der Waals surface area contributed by atoms with Crippen LogP contribution < -0.4 is 16.0 Å². The van der Waals surface area contributed by atoms with Crippen LogP contribution in [0.3, 0.4) is 0 Å². The lowest BCUT2D eigenvalue weighted by molar-refractivity contribution is -0.117. The molecule has 1 fully saturated rings. The molecular weight excluding hydrogens is 382 g/mol. The van der Waals surface area contributed by atoms with E-state index in [1.165, 1.54) is 24.2 Å². The highest BCUT2D eigenvalue weighted by atomic mass is 35.5. The van der Waals surface area contributed by atoms with Gasteiger partial charge in [-0.05, 0) is 73.5 Å². The number of piperidine rings is 1. The minimum absolute atomic E-state index is 0. The molecule has 146 valence electrons. The van der Waals surface area contributed by atoms with E-state index in [4.69, 9.17) is 0 Å². The molecule has 1 saturated heterocycles. The number of thiophene rings is 1. The number of carbonyl (C=O) groups is 2. The van der Waals surface area contributed by atoms with Gasteiger partial charge in [0.25, 0.3) is 5.91 Å². The van der Waals surface area contributed by atoms with E-state index in [0.717, 1.165) is 18.8 Å². The average Bonchev–Trinajstić information content (AvgIpc) is 3.19. The molecule has 1 aromatic heterocycles. The maximum atomic E-state index is 12.3. The van der Waals surface area contributed by atoms with Crippen molar-refractivity contribution >= 4 is 46.9 Å². The lowest BCUT2D eigenvalue weighted by Crippen LogP contribution is -2.34. The Labute approximate surface area is 170 Å². The van der Waals surface area contributed by atoms with Gasteiger partial charge in [0.1, 0.15) is 0 Å². The number of anilines is 2. The fraction of sp³-hybridized carbons (Fsp3) is 0.400. The SMILES string of the molecule is CC(CC(=O)Nc1ccc(NC(=O)c2cccs2)cc1)C1CCCNC1.Cl. The van der Waals surface area contributed by atoms with Crippen molar-refractivity contribution in [3.05, 3.63) is 46.7 Å². The van der Waals surface area contributed by atoms with Gasteiger partial charge in [-0.15, -0.1) is 23.7 Å². The minimum atomic E-state index is -0.119. The predicted molar refractivity (Wildman–Crippen MR) is 114 cm³/mol. The molecule has 2 aromatic rings. The molecule has 2 unspecified atom stereocenters. The van der Waals surface area contributed by atoms with Gasteiger partial charge >= 0.3 is 0 Å². The van der Waals surface area contributed by atoms with E-state index in [2.05, 4.69) is 22.9 Å². The van der Waals surface area contributed by atoms with Crippen LogP contribution in [0.1, 0.15) is 35.9 Å². The topological polar surface area (TPSA) is 70.2 Å². The second kappa shape index (κ2) is 10.4. The number of benzene rings is 1. The quantitative estimate of drug-likeness (QED) is 0.665. The zero-order valence-electron chi connectivity index (χ0n) is 15.4. The maximum absolute atomic E-state index is 12.3. The molecule has 7 heteroatoms. The minimum Gasteiger partial charge on any atom is -0.326 e. The standard InChI is InChI=1S/C20H25N3O2S.ClH/c1-14(15-4-2-10-21-13-15)12-19(24)22-16-6-8-17(9-7-16)23-20(25)18-5-3-11-26-18;/h3,5-9,11,14-15,21H,2,4,10,12-13H2,1H3,(H,22,24)(H,23,25);1H. The Morgan fingerprint density at radius 2 is 1.89 bits per heavy atom. The lowest BCUT2D eigenvalue weighted by Gasteiger charge is -2.28. The second-order valence-electron chi connectivity index (χ2n) is 6.84. The van der Waals surface area contributed by atoms with E-state index < -0.39 is 0 Å². The summed E-state index contributed by atoms with van der Waals surface area (Å²) in [6.45, 7) is 4.25. The van der Waals surface area contributed by atoms with E-state index in [-0.39, 0.29) is 24.2 Å². The molecule has 2 heterocycles. The molecule has 1 aliphatic heterocycles.